The van der Waals surface area contributed by atoms with E-state index < -0.39 is 6.61 Å². The fourth-order valence-electron chi connectivity index (χ4n) is 2.25. The third kappa shape index (κ3) is 3.92. The van der Waals surface area contributed by atoms with E-state index in [1.54, 1.807) is 24.5 Å². The molecular formula is C17H15F2N3O2. The zero-order valence-electron chi connectivity index (χ0n) is 12.9. The molecule has 3 rings (SSSR count). The summed E-state index contributed by atoms with van der Waals surface area (Å²) in [5, 5.41) is 3.97. The molecule has 0 spiro atoms. The highest BCUT2D eigenvalue weighted by Crippen LogP contribution is 2.20. The first kappa shape index (κ1) is 16.0. The number of alkyl halides is 2. The lowest BCUT2D eigenvalue weighted by Crippen LogP contribution is -2.01. The van der Waals surface area contributed by atoms with Crippen LogP contribution in [0.1, 0.15) is 17.0 Å². The van der Waals surface area contributed by atoms with Crippen molar-refractivity contribution in [3.8, 4) is 17.2 Å². The van der Waals surface area contributed by atoms with Crippen molar-refractivity contribution < 1.29 is 18.0 Å². The quantitative estimate of drug-likeness (QED) is 0.687. The van der Waals surface area contributed by atoms with Gasteiger partial charge < -0.3 is 9.26 Å². The molecule has 3 aromatic rings. The monoisotopic (exact) mass is 331 g/mol. The van der Waals surface area contributed by atoms with Crippen molar-refractivity contribution in [2.24, 2.45) is 0 Å². The van der Waals surface area contributed by atoms with Gasteiger partial charge in [0, 0.05) is 18.8 Å². The lowest BCUT2D eigenvalue weighted by Gasteiger charge is -2.05. The Morgan fingerprint density at radius 2 is 1.92 bits per heavy atom. The molecule has 24 heavy (non-hydrogen) atoms. The van der Waals surface area contributed by atoms with Crippen LogP contribution in [0.2, 0.25) is 0 Å². The van der Waals surface area contributed by atoms with Crippen LogP contribution in [-0.2, 0) is 12.8 Å². The minimum absolute atomic E-state index is 0.141. The first-order valence-corrected chi connectivity index (χ1v) is 7.39. The molecule has 0 unspecified atom stereocenters. The second-order valence-corrected chi connectivity index (χ2v) is 5.23. The second-order valence-electron chi connectivity index (χ2n) is 5.23. The smallest absolute Gasteiger partial charge is 0.387 e. The van der Waals surface area contributed by atoms with Crippen molar-refractivity contribution in [3.63, 3.8) is 0 Å². The maximum atomic E-state index is 12.1. The lowest BCUT2D eigenvalue weighted by atomic mass is 10.1. The van der Waals surface area contributed by atoms with Gasteiger partial charge in [-0.15, -0.1) is 0 Å². The van der Waals surface area contributed by atoms with Gasteiger partial charge in [0.25, 0.3) is 5.89 Å². The summed E-state index contributed by atoms with van der Waals surface area (Å²) in [4.78, 5) is 8.43. The summed E-state index contributed by atoms with van der Waals surface area (Å²) < 4.78 is 33.8. The van der Waals surface area contributed by atoms with Gasteiger partial charge >= 0.3 is 6.61 Å². The minimum atomic E-state index is -2.82. The molecule has 2 aromatic heterocycles. The van der Waals surface area contributed by atoms with E-state index in [9.17, 15) is 8.78 Å². The Hall–Kier alpha value is -2.83. The van der Waals surface area contributed by atoms with Crippen molar-refractivity contribution in [3.05, 3.63) is 59.7 Å². The normalized spacial score (nSPS) is 11.0. The molecule has 0 saturated carbocycles. The second kappa shape index (κ2) is 7.16. The Morgan fingerprint density at radius 3 is 2.62 bits per heavy atom. The number of nitrogens with zero attached hydrogens (tertiary/aromatic N) is 3. The molecule has 0 saturated heterocycles. The van der Waals surface area contributed by atoms with Gasteiger partial charge in [0.1, 0.15) is 5.75 Å². The van der Waals surface area contributed by atoms with E-state index in [2.05, 4.69) is 19.9 Å². The Kier molecular flexibility index (Phi) is 4.79. The molecule has 0 bridgehead atoms. The van der Waals surface area contributed by atoms with Crippen LogP contribution >= 0.6 is 0 Å². The molecule has 0 amide bonds. The molecule has 7 heteroatoms. The molecule has 0 fully saturated rings. The van der Waals surface area contributed by atoms with Crippen LogP contribution in [0, 0.1) is 6.92 Å². The van der Waals surface area contributed by atoms with Crippen LogP contribution in [0.5, 0.6) is 5.75 Å². The van der Waals surface area contributed by atoms with Gasteiger partial charge in [-0.05, 0) is 42.7 Å². The molecule has 5 nitrogen and oxygen atoms in total. The van der Waals surface area contributed by atoms with Crippen molar-refractivity contribution in [2.75, 3.05) is 0 Å². The summed E-state index contributed by atoms with van der Waals surface area (Å²) in [6, 6.07) is 8.39. The third-order valence-electron chi connectivity index (χ3n) is 3.52. The van der Waals surface area contributed by atoms with Gasteiger partial charge in [0.2, 0.25) is 0 Å². The third-order valence-corrected chi connectivity index (χ3v) is 3.52. The summed E-state index contributed by atoms with van der Waals surface area (Å²) in [5.74, 6) is 1.17. The van der Waals surface area contributed by atoms with Crippen LogP contribution in [-0.4, -0.2) is 21.7 Å². The molecule has 0 N–H and O–H groups in total. The predicted molar refractivity (Wildman–Crippen MR) is 82.7 cm³/mol. The van der Waals surface area contributed by atoms with Gasteiger partial charge in [-0.2, -0.15) is 13.8 Å². The average Bonchev–Trinajstić information content (AvgIpc) is 3.03. The Bertz CT molecular complexity index is 804. The van der Waals surface area contributed by atoms with Crippen LogP contribution in [0.25, 0.3) is 11.5 Å². The topological polar surface area (TPSA) is 61.0 Å². The molecule has 124 valence electrons. The van der Waals surface area contributed by atoms with Gasteiger partial charge in [-0.1, -0.05) is 17.3 Å². The number of pyridine rings is 1. The van der Waals surface area contributed by atoms with Crippen molar-refractivity contribution >= 4 is 0 Å². The van der Waals surface area contributed by atoms with Gasteiger partial charge in [-0.25, -0.2) is 0 Å². The van der Waals surface area contributed by atoms with E-state index in [1.165, 1.54) is 12.1 Å². The number of ether oxygens (including phenoxy) is 1. The highest BCUT2D eigenvalue weighted by Gasteiger charge is 2.11. The number of hydrogen-bond donors (Lipinski definition) is 0. The van der Waals surface area contributed by atoms with Crippen molar-refractivity contribution in [2.45, 2.75) is 26.4 Å². The highest BCUT2D eigenvalue weighted by atomic mass is 19.3. The number of aromatic nitrogens is 3. The number of halogens is 2. The summed E-state index contributed by atoms with van der Waals surface area (Å²) >= 11 is 0. The number of hydrogen-bond acceptors (Lipinski definition) is 5. The van der Waals surface area contributed by atoms with Crippen LogP contribution < -0.4 is 4.74 Å². The molecular weight excluding hydrogens is 316 g/mol. The molecule has 0 aliphatic carbocycles. The molecule has 1 aromatic carbocycles. The number of benzene rings is 1. The molecule has 0 aliphatic heterocycles. The summed E-state index contributed by atoms with van der Waals surface area (Å²) in [6.45, 7) is -0.867. The first-order valence-electron chi connectivity index (χ1n) is 7.39. The Morgan fingerprint density at radius 1 is 1.12 bits per heavy atom. The minimum Gasteiger partial charge on any atom is -0.435 e. The number of rotatable bonds is 6. The Balaban J connectivity index is 1.62. The fraction of sp³-hybridized carbons (Fsp3) is 0.235. The zero-order chi connectivity index (χ0) is 16.9. The largest absolute Gasteiger partial charge is 0.435 e. The highest BCUT2D eigenvalue weighted by molar-refractivity contribution is 5.56. The zero-order valence-corrected chi connectivity index (χ0v) is 12.9. The van der Waals surface area contributed by atoms with Gasteiger partial charge in [0.05, 0.1) is 5.56 Å². The average molecular weight is 331 g/mol. The van der Waals surface area contributed by atoms with E-state index in [0.717, 1.165) is 16.7 Å². The van der Waals surface area contributed by atoms with E-state index in [-0.39, 0.29) is 5.75 Å². The number of aryl methyl sites for hydroxylation is 3. The summed E-state index contributed by atoms with van der Waals surface area (Å²) in [6.07, 6.45) is 4.64. The summed E-state index contributed by atoms with van der Waals surface area (Å²) in [5.41, 5.74) is 2.79. The SMILES string of the molecule is Cc1ccncc1-c1nc(CCc2ccc(OC(F)F)cc2)no1. The van der Waals surface area contributed by atoms with Gasteiger partial charge in [-0.3, -0.25) is 4.98 Å². The molecule has 0 atom stereocenters. The van der Waals surface area contributed by atoms with Gasteiger partial charge in [0.15, 0.2) is 5.82 Å². The van der Waals surface area contributed by atoms with Crippen LogP contribution in [0.3, 0.4) is 0 Å². The van der Waals surface area contributed by atoms with E-state index in [4.69, 9.17) is 4.52 Å². The lowest BCUT2D eigenvalue weighted by molar-refractivity contribution is -0.0498. The molecule has 2 heterocycles. The summed E-state index contributed by atoms with van der Waals surface area (Å²) in [7, 11) is 0. The maximum Gasteiger partial charge on any atom is 0.387 e. The standard InChI is InChI=1S/C17H15F2N3O2/c1-11-8-9-20-10-14(11)16-21-15(22-24-16)7-4-12-2-5-13(6-3-12)23-17(18)19/h2-3,5-6,8-10,17H,4,7H2,1H3. The molecule has 0 aliphatic rings. The van der Waals surface area contributed by atoms with E-state index >= 15 is 0 Å². The predicted octanol–water partition coefficient (Wildman–Crippen LogP) is 3.83. The van der Waals surface area contributed by atoms with Crippen LogP contribution in [0.15, 0.2) is 47.2 Å². The van der Waals surface area contributed by atoms with E-state index in [0.29, 0.717) is 24.6 Å². The Labute approximate surface area is 137 Å². The van der Waals surface area contributed by atoms with Crippen molar-refractivity contribution in [1.82, 2.24) is 15.1 Å². The van der Waals surface area contributed by atoms with Crippen LogP contribution in [0.4, 0.5) is 8.78 Å². The fourth-order valence-corrected chi connectivity index (χ4v) is 2.25. The first-order chi connectivity index (χ1) is 11.6. The maximum absolute atomic E-state index is 12.1. The molecule has 0 radical (unpaired) electrons. The van der Waals surface area contributed by atoms with E-state index in [1.807, 2.05) is 13.0 Å². The van der Waals surface area contributed by atoms with Crippen molar-refractivity contribution in [1.29, 1.82) is 0 Å².